The van der Waals surface area contributed by atoms with Gasteiger partial charge >= 0.3 is 6.09 Å². The summed E-state index contributed by atoms with van der Waals surface area (Å²) in [4.78, 5) is 14.6. The van der Waals surface area contributed by atoms with Gasteiger partial charge in [0.15, 0.2) is 0 Å². The van der Waals surface area contributed by atoms with Crippen molar-refractivity contribution >= 4 is 63.5 Å². The van der Waals surface area contributed by atoms with Gasteiger partial charge in [0, 0.05) is 20.6 Å². The second-order valence-electron chi connectivity index (χ2n) is 8.72. The lowest BCUT2D eigenvalue weighted by Gasteiger charge is -2.35. The Morgan fingerprint density at radius 2 is 1.82 bits per heavy atom. The molecule has 174 valence electrons. The van der Waals surface area contributed by atoms with Crippen LogP contribution in [-0.2, 0) is 11.3 Å². The van der Waals surface area contributed by atoms with Gasteiger partial charge in [0.05, 0.1) is 28.4 Å². The molecule has 5 nitrogen and oxygen atoms in total. The zero-order valence-electron chi connectivity index (χ0n) is 18.0. The molecule has 1 aliphatic heterocycles. The normalized spacial score (nSPS) is 16.0. The number of hydrogen-bond donors (Lipinski definition) is 0. The van der Waals surface area contributed by atoms with Crippen LogP contribution in [0.1, 0.15) is 38.1 Å². The van der Waals surface area contributed by atoms with Gasteiger partial charge in [-0.25, -0.2) is 9.18 Å². The van der Waals surface area contributed by atoms with Gasteiger partial charge in [-0.15, -0.1) is 0 Å². The maximum absolute atomic E-state index is 14.7. The van der Waals surface area contributed by atoms with E-state index in [1.807, 2.05) is 26.8 Å². The molecule has 0 radical (unpaired) electrons. The third-order valence-corrected chi connectivity index (χ3v) is 7.07. The van der Waals surface area contributed by atoms with E-state index in [0.717, 1.165) is 14.8 Å². The van der Waals surface area contributed by atoms with Crippen LogP contribution in [0.25, 0.3) is 11.3 Å². The lowest BCUT2D eigenvalue weighted by molar-refractivity contribution is 0.0174. The summed E-state index contributed by atoms with van der Waals surface area (Å²) in [5.74, 6) is -0.471. The fourth-order valence-corrected chi connectivity index (χ4v) is 5.21. The van der Waals surface area contributed by atoms with Crippen molar-refractivity contribution in [1.29, 1.82) is 0 Å². The van der Waals surface area contributed by atoms with Crippen LogP contribution in [0.5, 0.6) is 0 Å². The monoisotopic (exact) mass is 621 g/mol. The molecule has 0 fully saturated rings. The predicted molar refractivity (Wildman–Crippen MR) is 137 cm³/mol. The highest BCUT2D eigenvalue weighted by Crippen LogP contribution is 2.38. The van der Waals surface area contributed by atoms with E-state index in [4.69, 9.17) is 44.6 Å². The Bertz CT molecular complexity index is 1240. The maximum Gasteiger partial charge on any atom is 0.410 e. The van der Waals surface area contributed by atoms with E-state index >= 15 is 0 Å². The zero-order chi connectivity index (χ0) is 24.1. The summed E-state index contributed by atoms with van der Waals surface area (Å²) >= 11 is 20.7. The summed E-state index contributed by atoms with van der Waals surface area (Å²) in [6, 6.07) is 9.27. The topological polar surface area (TPSA) is 47.4 Å². The Morgan fingerprint density at radius 1 is 1.15 bits per heavy atom. The minimum atomic E-state index is -0.646. The number of carbonyl (C=O) groups excluding carboxylic acids is 1. The Labute approximate surface area is 219 Å². The summed E-state index contributed by atoms with van der Waals surface area (Å²) < 4.78 is 22.9. The minimum absolute atomic E-state index is 0.261. The number of amides is 1. The first-order chi connectivity index (χ1) is 15.4. The molecular weight excluding hydrogens is 603 g/mol. The number of aromatic nitrogens is 2. The van der Waals surface area contributed by atoms with Crippen LogP contribution in [0.3, 0.4) is 0 Å². The zero-order valence-corrected chi connectivity index (χ0v) is 22.4. The summed E-state index contributed by atoms with van der Waals surface area (Å²) in [6.45, 7) is 5.99. The van der Waals surface area contributed by atoms with Gasteiger partial charge in [-0.05, 0) is 79.3 Å². The SMILES string of the molecule is CC(C)(C)OC(=O)N1Cc2c(I)c(-c3ccc(Cl)cc3F)nn2C(c2ccc(Cl)cc2Cl)C1. The number of nitrogens with zero attached hydrogens (tertiary/aromatic N) is 3. The molecule has 0 saturated carbocycles. The van der Waals surface area contributed by atoms with Gasteiger partial charge in [-0.2, -0.15) is 5.10 Å². The molecule has 0 N–H and O–H groups in total. The van der Waals surface area contributed by atoms with Crippen LogP contribution in [0, 0.1) is 9.39 Å². The molecule has 4 rings (SSSR count). The van der Waals surface area contributed by atoms with Gasteiger partial charge in [-0.1, -0.05) is 40.9 Å². The smallest absolute Gasteiger partial charge is 0.410 e. The quantitative estimate of drug-likeness (QED) is 0.277. The van der Waals surface area contributed by atoms with Gasteiger partial charge in [-0.3, -0.25) is 9.58 Å². The first-order valence-corrected chi connectivity index (χ1v) is 12.3. The first-order valence-electron chi connectivity index (χ1n) is 10.1. The van der Waals surface area contributed by atoms with Gasteiger partial charge in [0.2, 0.25) is 0 Å². The molecule has 2 heterocycles. The summed E-state index contributed by atoms with van der Waals surface area (Å²) in [5.41, 5.74) is 1.66. The third-order valence-electron chi connectivity index (χ3n) is 5.13. The molecule has 2 aromatic carbocycles. The van der Waals surface area contributed by atoms with E-state index < -0.39 is 23.6 Å². The molecule has 0 bridgehead atoms. The van der Waals surface area contributed by atoms with E-state index in [1.54, 1.807) is 33.8 Å². The molecule has 0 aliphatic carbocycles. The largest absolute Gasteiger partial charge is 0.444 e. The maximum atomic E-state index is 14.7. The molecule has 1 atom stereocenters. The number of ether oxygens (including phenoxy) is 1. The second-order valence-corrected chi connectivity index (χ2v) is 11.1. The lowest BCUT2D eigenvalue weighted by atomic mass is 10.0. The van der Waals surface area contributed by atoms with E-state index in [1.165, 1.54) is 6.07 Å². The predicted octanol–water partition coefficient (Wildman–Crippen LogP) is 7.59. The van der Waals surface area contributed by atoms with Gasteiger partial charge < -0.3 is 4.74 Å². The van der Waals surface area contributed by atoms with Gasteiger partial charge in [0.25, 0.3) is 0 Å². The molecular formula is C23H20Cl3FIN3O2. The average molecular weight is 623 g/mol. The molecule has 10 heteroatoms. The lowest BCUT2D eigenvalue weighted by Crippen LogP contribution is -2.44. The van der Waals surface area contributed by atoms with Crippen molar-refractivity contribution in [3.63, 3.8) is 0 Å². The summed E-state index contributed by atoms with van der Waals surface area (Å²) in [6.07, 6.45) is -0.444. The van der Waals surface area contributed by atoms with Gasteiger partial charge in [0.1, 0.15) is 17.1 Å². The Balaban J connectivity index is 1.84. The fraction of sp³-hybridized carbons (Fsp3) is 0.304. The van der Waals surface area contributed by atoms with Crippen molar-refractivity contribution in [1.82, 2.24) is 14.7 Å². The van der Waals surface area contributed by atoms with E-state index in [9.17, 15) is 9.18 Å². The van der Waals surface area contributed by atoms with Crippen LogP contribution in [0.2, 0.25) is 15.1 Å². The highest BCUT2D eigenvalue weighted by atomic mass is 127. The van der Waals surface area contributed by atoms with Crippen LogP contribution in [0.15, 0.2) is 36.4 Å². The standard InChI is InChI=1S/C23H20Cl3FIN3O2/c1-23(2,3)33-22(32)30-10-18(14-6-4-12(24)8-16(14)26)31-19(11-30)20(28)21(29-31)15-7-5-13(25)9-17(15)27/h4-9,18H,10-11H2,1-3H3. The van der Waals surface area contributed by atoms with Crippen molar-refractivity contribution < 1.29 is 13.9 Å². The van der Waals surface area contributed by atoms with Crippen LogP contribution < -0.4 is 0 Å². The Morgan fingerprint density at radius 3 is 2.45 bits per heavy atom. The molecule has 33 heavy (non-hydrogen) atoms. The van der Waals surface area contributed by atoms with E-state index in [2.05, 4.69) is 22.6 Å². The number of hydrogen-bond acceptors (Lipinski definition) is 3. The fourth-order valence-electron chi connectivity index (χ4n) is 3.70. The van der Waals surface area contributed by atoms with Crippen molar-refractivity contribution in [2.75, 3.05) is 6.54 Å². The first kappa shape index (κ1) is 24.6. The van der Waals surface area contributed by atoms with Crippen LogP contribution in [-0.4, -0.2) is 32.9 Å². The van der Waals surface area contributed by atoms with Crippen molar-refractivity contribution in [3.8, 4) is 11.3 Å². The highest BCUT2D eigenvalue weighted by molar-refractivity contribution is 14.1. The number of halogens is 5. The third kappa shape index (κ3) is 5.11. The molecule has 3 aromatic rings. The van der Waals surface area contributed by atoms with Crippen molar-refractivity contribution in [2.24, 2.45) is 0 Å². The summed E-state index contributed by atoms with van der Waals surface area (Å²) in [7, 11) is 0. The highest BCUT2D eigenvalue weighted by Gasteiger charge is 2.36. The Kier molecular flexibility index (Phi) is 6.88. The molecule has 0 spiro atoms. The van der Waals surface area contributed by atoms with Crippen LogP contribution >= 0.6 is 57.4 Å². The molecule has 1 aliphatic rings. The van der Waals surface area contributed by atoms with Crippen molar-refractivity contribution in [3.05, 3.63) is 72.1 Å². The minimum Gasteiger partial charge on any atom is -0.444 e. The number of benzene rings is 2. The van der Waals surface area contributed by atoms with Crippen molar-refractivity contribution in [2.45, 2.75) is 39.0 Å². The molecule has 1 unspecified atom stereocenters. The van der Waals surface area contributed by atoms with E-state index in [-0.39, 0.29) is 13.1 Å². The van der Waals surface area contributed by atoms with E-state index in [0.29, 0.717) is 26.3 Å². The number of fused-ring (bicyclic) bond motifs is 1. The molecule has 0 saturated heterocycles. The second kappa shape index (κ2) is 9.24. The Hall–Kier alpha value is -1.55. The van der Waals surface area contributed by atoms with Crippen LogP contribution in [0.4, 0.5) is 9.18 Å². The summed E-state index contributed by atoms with van der Waals surface area (Å²) in [5, 5.41) is 6.01. The number of carbonyl (C=O) groups is 1. The molecule has 1 aromatic heterocycles. The average Bonchev–Trinajstić information content (AvgIpc) is 3.03. The molecule has 1 amide bonds. The number of rotatable bonds is 2.